The molecule has 0 radical (unpaired) electrons. The number of rotatable bonds is 3. The first-order valence-electron chi connectivity index (χ1n) is 6.19. The summed E-state index contributed by atoms with van der Waals surface area (Å²) < 4.78 is 5.81. The highest BCUT2D eigenvalue weighted by atomic mass is 16.5. The maximum atomic E-state index is 5.81. The van der Waals surface area contributed by atoms with Crippen molar-refractivity contribution in [1.82, 2.24) is 10.3 Å². The van der Waals surface area contributed by atoms with Crippen LogP contribution < -0.4 is 5.43 Å². The SMILES string of the molecule is c1ccc(C2=NNC(CN3CCCC3)O2)cc1. The number of hydrazone groups is 1. The van der Waals surface area contributed by atoms with Crippen molar-refractivity contribution in [2.75, 3.05) is 19.6 Å². The van der Waals surface area contributed by atoms with Crippen LogP contribution in [0, 0.1) is 0 Å². The zero-order valence-corrected chi connectivity index (χ0v) is 9.80. The summed E-state index contributed by atoms with van der Waals surface area (Å²) in [6, 6.07) is 10.0. The second-order valence-corrected chi connectivity index (χ2v) is 4.53. The predicted molar refractivity (Wildman–Crippen MR) is 66.7 cm³/mol. The molecule has 1 N–H and O–H groups in total. The average Bonchev–Trinajstić information content (AvgIpc) is 3.02. The summed E-state index contributed by atoms with van der Waals surface area (Å²) in [5, 5.41) is 4.25. The van der Waals surface area contributed by atoms with Crippen molar-refractivity contribution in [3.63, 3.8) is 0 Å². The van der Waals surface area contributed by atoms with Crippen LogP contribution in [0.4, 0.5) is 0 Å². The summed E-state index contributed by atoms with van der Waals surface area (Å²) in [6.07, 6.45) is 2.61. The summed E-state index contributed by atoms with van der Waals surface area (Å²) in [7, 11) is 0. The van der Waals surface area contributed by atoms with Crippen molar-refractivity contribution in [2.45, 2.75) is 19.1 Å². The van der Waals surface area contributed by atoms with Crippen LogP contribution in [0.15, 0.2) is 35.4 Å². The number of benzene rings is 1. The van der Waals surface area contributed by atoms with Gasteiger partial charge in [-0.05, 0) is 38.1 Å². The number of hydrogen-bond acceptors (Lipinski definition) is 4. The van der Waals surface area contributed by atoms with Crippen LogP contribution in [0.25, 0.3) is 0 Å². The van der Waals surface area contributed by atoms with Gasteiger partial charge in [-0.15, -0.1) is 5.10 Å². The van der Waals surface area contributed by atoms with Gasteiger partial charge in [0.05, 0.1) is 6.54 Å². The van der Waals surface area contributed by atoms with Gasteiger partial charge in [0, 0.05) is 5.56 Å². The molecule has 1 aromatic rings. The molecule has 0 aromatic heterocycles. The average molecular weight is 231 g/mol. The molecule has 0 spiro atoms. The largest absolute Gasteiger partial charge is 0.449 e. The number of nitrogens with zero attached hydrogens (tertiary/aromatic N) is 2. The smallest absolute Gasteiger partial charge is 0.240 e. The van der Waals surface area contributed by atoms with Gasteiger partial charge in [-0.3, -0.25) is 10.3 Å². The lowest BCUT2D eigenvalue weighted by molar-refractivity contribution is 0.134. The summed E-state index contributed by atoms with van der Waals surface area (Å²) in [5.74, 6) is 0.704. The molecule has 0 bridgehead atoms. The highest BCUT2D eigenvalue weighted by Gasteiger charge is 2.24. The van der Waals surface area contributed by atoms with E-state index in [1.807, 2.05) is 30.3 Å². The molecule has 3 rings (SSSR count). The number of ether oxygens (including phenoxy) is 1. The van der Waals surface area contributed by atoms with Crippen LogP contribution in [-0.2, 0) is 4.74 Å². The Labute approximate surface area is 101 Å². The molecule has 90 valence electrons. The first-order valence-corrected chi connectivity index (χ1v) is 6.19. The van der Waals surface area contributed by atoms with Gasteiger partial charge < -0.3 is 4.74 Å². The van der Waals surface area contributed by atoms with E-state index in [-0.39, 0.29) is 6.23 Å². The van der Waals surface area contributed by atoms with Crippen LogP contribution in [0.2, 0.25) is 0 Å². The molecule has 1 unspecified atom stereocenters. The van der Waals surface area contributed by atoms with E-state index in [9.17, 15) is 0 Å². The van der Waals surface area contributed by atoms with Gasteiger partial charge in [-0.1, -0.05) is 18.2 Å². The third-order valence-corrected chi connectivity index (χ3v) is 3.21. The highest BCUT2D eigenvalue weighted by Crippen LogP contribution is 2.13. The topological polar surface area (TPSA) is 36.9 Å². The molecule has 1 fully saturated rings. The first kappa shape index (κ1) is 10.6. The molecule has 4 heteroatoms. The second-order valence-electron chi connectivity index (χ2n) is 4.53. The molecule has 1 atom stereocenters. The zero-order chi connectivity index (χ0) is 11.5. The van der Waals surface area contributed by atoms with Crippen molar-refractivity contribution in [2.24, 2.45) is 5.10 Å². The molecule has 0 saturated carbocycles. The van der Waals surface area contributed by atoms with Crippen LogP contribution >= 0.6 is 0 Å². The molecule has 2 heterocycles. The zero-order valence-electron chi connectivity index (χ0n) is 9.80. The molecule has 0 aliphatic carbocycles. The lowest BCUT2D eigenvalue weighted by atomic mass is 10.2. The lowest BCUT2D eigenvalue weighted by Crippen LogP contribution is -2.36. The number of hydrogen-bond donors (Lipinski definition) is 1. The second kappa shape index (κ2) is 4.75. The Morgan fingerprint density at radius 1 is 1.24 bits per heavy atom. The Hall–Kier alpha value is -1.55. The van der Waals surface area contributed by atoms with E-state index in [0.29, 0.717) is 5.90 Å². The molecule has 1 saturated heterocycles. The Balaban J connectivity index is 1.57. The third kappa shape index (κ3) is 2.42. The first-order chi connectivity index (χ1) is 8.42. The molecule has 1 aromatic carbocycles. The van der Waals surface area contributed by atoms with E-state index in [0.717, 1.165) is 12.1 Å². The molecular weight excluding hydrogens is 214 g/mol. The fourth-order valence-electron chi connectivity index (χ4n) is 2.31. The standard InChI is InChI=1S/C13H17N3O/c1-2-6-11(7-3-1)13-15-14-12(17-13)10-16-8-4-5-9-16/h1-3,6-7,12,14H,4-5,8-10H2. The van der Waals surface area contributed by atoms with E-state index in [1.54, 1.807) is 0 Å². The lowest BCUT2D eigenvalue weighted by Gasteiger charge is -2.19. The molecular formula is C13H17N3O. The van der Waals surface area contributed by atoms with Crippen molar-refractivity contribution in [3.05, 3.63) is 35.9 Å². The van der Waals surface area contributed by atoms with Crippen LogP contribution in [-0.4, -0.2) is 36.7 Å². The normalized spacial score (nSPS) is 24.2. The summed E-state index contributed by atoms with van der Waals surface area (Å²) in [4.78, 5) is 2.42. The van der Waals surface area contributed by atoms with Crippen LogP contribution in [0.5, 0.6) is 0 Å². The van der Waals surface area contributed by atoms with Crippen molar-refractivity contribution < 1.29 is 4.74 Å². The Kier molecular flexibility index (Phi) is 2.96. The number of nitrogens with one attached hydrogen (secondary N) is 1. The Morgan fingerprint density at radius 3 is 2.76 bits per heavy atom. The van der Waals surface area contributed by atoms with Gasteiger partial charge in [0.25, 0.3) is 0 Å². The van der Waals surface area contributed by atoms with Crippen molar-refractivity contribution in [1.29, 1.82) is 0 Å². The highest BCUT2D eigenvalue weighted by molar-refractivity contribution is 5.94. The van der Waals surface area contributed by atoms with Gasteiger partial charge in [0.1, 0.15) is 0 Å². The van der Waals surface area contributed by atoms with Gasteiger partial charge in [0.2, 0.25) is 5.90 Å². The quantitative estimate of drug-likeness (QED) is 0.854. The molecule has 0 amide bonds. The van der Waals surface area contributed by atoms with E-state index in [1.165, 1.54) is 25.9 Å². The number of likely N-dealkylation sites (tertiary alicyclic amines) is 1. The van der Waals surface area contributed by atoms with Crippen molar-refractivity contribution in [3.8, 4) is 0 Å². The predicted octanol–water partition coefficient (Wildman–Crippen LogP) is 1.39. The van der Waals surface area contributed by atoms with Crippen molar-refractivity contribution >= 4 is 5.90 Å². The Morgan fingerprint density at radius 2 is 2.00 bits per heavy atom. The Bertz CT molecular complexity index is 398. The van der Waals surface area contributed by atoms with Gasteiger partial charge in [0.15, 0.2) is 6.23 Å². The van der Waals surface area contributed by atoms with E-state index in [2.05, 4.69) is 15.4 Å². The molecule has 4 nitrogen and oxygen atoms in total. The fourth-order valence-corrected chi connectivity index (χ4v) is 2.31. The van der Waals surface area contributed by atoms with Crippen LogP contribution in [0.1, 0.15) is 18.4 Å². The van der Waals surface area contributed by atoms with Gasteiger partial charge >= 0.3 is 0 Å². The monoisotopic (exact) mass is 231 g/mol. The van der Waals surface area contributed by atoms with Gasteiger partial charge in [-0.25, -0.2) is 0 Å². The summed E-state index contributed by atoms with van der Waals surface area (Å²) >= 11 is 0. The molecule has 17 heavy (non-hydrogen) atoms. The minimum atomic E-state index is 0.00306. The third-order valence-electron chi connectivity index (χ3n) is 3.21. The maximum Gasteiger partial charge on any atom is 0.240 e. The molecule has 2 aliphatic heterocycles. The summed E-state index contributed by atoms with van der Waals surface area (Å²) in [6.45, 7) is 3.28. The van der Waals surface area contributed by atoms with E-state index >= 15 is 0 Å². The fraction of sp³-hybridized carbons (Fsp3) is 0.462. The summed E-state index contributed by atoms with van der Waals surface area (Å²) in [5.41, 5.74) is 4.09. The minimum absolute atomic E-state index is 0.00306. The minimum Gasteiger partial charge on any atom is -0.449 e. The van der Waals surface area contributed by atoms with Crippen LogP contribution in [0.3, 0.4) is 0 Å². The van der Waals surface area contributed by atoms with E-state index in [4.69, 9.17) is 4.74 Å². The van der Waals surface area contributed by atoms with Gasteiger partial charge in [-0.2, -0.15) is 0 Å². The maximum absolute atomic E-state index is 5.81. The molecule has 2 aliphatic rings. The van der Waals surface area contributed by atoms with E-state index < -0.39 is 0 Å².